The third kappa shape index (κ3) is 2.11. The van der Waals surface area contributed by atoms with Crippen LogP contribution in [0.3, 0.4) is 0 Å². The largest absolute Gasteiger partial charge is 0.395 e. The zero-order chi connectivity index (χ0) is 10.8. The molecule has 15 heavy (non-hydrogen) atoms. The first-order valence-corrected chi connectivity index (χ1v) is 5.36. The maximum Gasteiger partial charge on any atom is 0.274 e. The van der Waals surface area contributed by atoms with Crippen molar-refractivity contribution in [1.82, 2.24) is 15.5 Å². The first-order chi connectivity index (χ1) is 7.22. The summed E-state index contributed by atoms with van der Waals surface area (Å²) in [7, 11) is 0. The topological polar surface area (TPSA) is 83.8 Å². The molecule has 0 spiro atoms. The summed E-state index contributed by atoms with van der Waals surface area (Å²) in [5, 5.41) is 9.63. The van der Waals surface area contributed by atoms with Gasteiger partial charge in [0, 0.05) is 6.04 Å². The molecule has 0 bridgehead atoms. The van der Waals surface area contributed by atoms with E-state index in [9.17, 15) is 4.79 Å². The lowest BCUT2D eigenvalue weighted by atomic mass is 10.2. The third-order valence-electron chi connectivity index (χ3n) is 2.51. The molecule has 82 valence electrons. The summed E-state index contributed by atoms with van der Waals surface area (Å²) in [6, 6.07) is 0.336. The Bertz CT molecular complexity index is 367. The highest BCUT2D eigenvalue weighted by atomic mass is 16.2. The Labute approximate surface area is 88.4 Å². The smallest absolute Gasteiger partial charge is 0.274 e. The molecule has 1 aliphatic rings. The highest BCUT2D eigenvalue weighted by Gasteiger charge is 2.26. The molecule has 0 aromatic carbocycles. The van der Waals surface area contributed by atoms with E-state index in [1.165, 1.54) is 0 Å². The molecule has 0 atom stereocenters. The molecule has 0 aliphatic heterocycles. The maximum absolute atomic E-state index is 11.7. The van der Waals surface area contributed by atoms with E-state index in [2.05, 4.69) is 22.4 Å². The van der Waals surface area contributed by atoms with Crippen LogP contribution in [0, 0.1) is 0 Å². The van der Waals surface area contributed by atoms with Gasteiger partial charge in [0.05, 0.1) is 11.4 Å². The average molecular weight is 208 g/mol. The Balaban J connectivity index is 2.09. The molecule has 0 saturated heterocycles. The summed E-state index contributed by atoms with van der Waals surface area (Å²) in [5.41, 5.74) is 7.53. The van der Waals surface area contributed by atoms with E-state index in [0.29, 0.717) is 17.4 Å². The number of aromatic amines is 1. The van der Waals surface area contributed by atoms with Gasteiger partial charge in [0.1, 0.15) is 0 Å². The monoisotopic (exact) mass is 208 g/mol. The van der Waals surface area contributed by atoms with Crippen LogP contribution >= 0.6 is 0 Å². The first-order valence-electron chi connectivity index (χ1n) is 5.36. The van der Waals surface area contributed by atoms with Crippen molar-refractivity contribution in [2.45, 2.75) is 38.6 Å². The quantitative estimate of drug-likeness (QED) is 0.685. The number of H-pyrrole nitrogens is 1. The van der Waals surface area contributed by atoms with Gasteiger partial charge in [-0.05, 0) is 19.3 Å². The number of hydrogen-bond donors (Lipinski definition) is 3. The van der Waals surface area contributed by atoms with Gasteiger partial charge in [-0.3, -0.25) is 9.89 Å². The summed E-state index contributed by atoms with van der Waals surface area (Å²) in [4.78, 5) is 11.7. The molecule has 1 aliphatic carbocycles. The second-order valence-electron chi connectivity index (χ2n) is 3.96. The van der Waals surface area contributed by atoms with Gasteiger partial charge in [-0.1, -0.05) is 13.3 Å². The maximum atomic E-state index is 11.7. The minimum Gasteiger partial charge on any atom is -0.395 e. The number of aromatic nitrogens is 2. The van der Waals surface area contributed by atoms with E-state index in [4.69, 9.17) is 5.73 Å². The van der Waals surface area contributed by atoms with Crippen LogP contribution < -0.4 is 11.1 Å². The number of nitrogens with zero attached hydrogens (tertiary/aromatic N) is 1. The summed E-state index contributed by atoms with van der Waals surface area (Å²) in [5.74, 6) is -0.159. The second-order valence-corrected chi connectivity index (χ2v) is 3.96. The lowest BCUT2D eigenvalue weighted by Gasteiger charge is -2.00. The summed E-state index contributed by atoms with van der Waals surface area (Å²) < 4.78 is 0. The Kier molecular flexibility index (Phi) is 2.62. The zero-order valence-electron chi connectivity index (χ0n) is 8.84. The van der Waals surface area contributed by atoms with Gasteiger partial charge in [0.15, 0.2) is 5.69 Å². The molecule has 1 fully saturated rings. The van der Waals surface area contributed by atoms with E-state index in [1.54, 1.807) is 0 Å². The van der Waals surface area contributed by atoms with Crippen molar-refractivity contribution in [2.75, 3.05) is 5.73 Å². The molecule has 0 radical (unpaired) electrons. The first kappa shape index (κ1) is 10.0. The van der Waals surface area contributed by atoms with E-state index in [1.807, 2.05) is 0 Å². The number of nitrogens with two attached hydrogens (primary N) is 1. The molecule has 1 amide bonds. The molecule has 1 aromatic heterocycles. The van der Waals surface area contributed by atoms with Crippen molar-refractivity contribution in [3.05, 3.63) is 11.4 Å². The van der Waals surface area contributed by atoms with E-state index in [0.717, 1.165) is 31.4 Å². The number of carbonyl (C=O) groups is 1. The minimum atomic E-state index is -0.159. The number of rotatable bonds is 4. The fourth-order valence-corrected chi connectivity index (χ4v) is 1.48. The zero-order valence-corrected chi connectivity index (χ0v) is 8.84. The molecular formula is C10H16N4O. The molecule has 4 N–H and O–H groups in total. The number of nitrogen functional groups attached to an aromatic ring is 1. The third-order valence-corrected chi connectivity index (χ3v) is 2.51. The molecule has 1 saturated carbocycles. The van der Waals surface area contributed by atoms with Crippen LogP contribution in [0.4, 0.5) is 5.69 Å². The van der Waals surface area contributed by atoms with Crippen molar-refractivity contribution in [3.63, 3.8) is 0 Å². The van der Waals surface area contributed by atoms with Crippen LogP contribution in [0.15, 0.2) is 0 Å². The van der Waals surface area contributed by atoms with Crippen LogP contribution in [0.2, 0.25) is 0 Å². The van der Waals surface area contributed by atoms with Crippen LogP contribution in [-0.2, 0) is 6.42 Å². The Morgan fingerprint density at radius 2 is 2.40 bits per heavy atom. The standard InChI is InChI=1S/C10H16N4O/c1-2-3-7-8(11)9(14-13-7)10(15)12-6-4-5-6/h6H,2-5,11H2,1H3,(H,12,15)(H,13,14). The summed E-state index contributed by atoms with van der Waals surface area (Å²) in [6.45, 7) is 2.06. The fourth-order valence-electron chi connectivity index (χ4n) is 1.48. The van der Waals surface area contributed by atoms with Crippen LogP contribution in [0.25, 0.3) is 0 Å². The summed E-state index contributed by atoms with van der Waals surface area (Å²) >= 11 is 0. The lowest BCUT2D eigenvalue weighted by molar-refractivity contribution is 0.0947. The molecule has 5 nitrogen and oxygen atoms in total. The van der Waals surface area contributed by atoms with Crippen molar-refractivity contribution < 1.29 is 4.79 Å². The number of hydrogen-bond acceptors (Lipinski definition) is 3. The average Bonchev–Trinajstić information content (AvgIpc) is 2.93. The van der Waals surface area contributed by atoms with Gasteiger partial charge < -0.3 is 11.1 Å². The lowest BCUT2D eigenvalue weighted by Crippen LogP contribution is -2.26. The number of aryl methyl sites for hydroxylation is 1. The summed E-state index contributed by atoms with van der Waals surface area (Å²) in [6.07, 6.45) is 3.95. The van der Waals surface area contributed by atoms with Gasteiger partial charge in [-0.15, -0.1) is 0 Å². The SMILES string of the molecule is CCCc1[nH]nc(C(=O)NC2CC2)c1N. The van der Waals surface area contributed by atoms with E-state index < -0.39 is 0 Å². The van der Waals surface area contributed by atoms with Crippen LogP contribution in [0.1, 0.15) is 42.4 Å². The van der Waals surface area contributed by atoms with Crippen LogP contribution in [0.5, 0.6) is 0 Å². The molecule has 0 unspecified atom stereocenters. The number of nitrogens with one attached hydrogen (secondary N) is 2. The van der Waals surface area contributed by atoms with Gasteiger partial charge in [-0.25, -0.2) is 0 Å². The van der Waals surface area contributed by atoms with Gasteiger partial charge >= 0.3 is 0 Å². The minimum absolute atomic E-state index is 0.159. The molecule has 1 heterocycles. The van der Waals surface area contributed by atoms with E-state index >= 15 is 0 Å². The molecule has 5 heteroatoms. The van der Waals surface area contributed by atoms with Gasteiger partial charge in [-0.2, -0.15) is 5.10 Å². The number of amides is 1. The number of anilines is 1. The molecule has 2 rings (SSSR count). The van der Waals surface area contributed by atoms with Crippen molar-refractivity contribution >= 4 is 11.6 Å². The molecular weight excluding hydrogens is 192 g/mol. The Morgan fingerprint density at radius 1 is 1.67 bits per heavy atom. The van der Waals surface area contributed by atoms with E-state index in [-0.39, 0.29) is 5.91 Å². The van der Waals surface area contributed by atoms with Crippen LogP contribution in [-0.4, -0.2) is 22.1 Å². The molecule has 1 aromatic rings. The number of carbonyl (C=O) groups excluding carboxylic acids is 1. The fraction of sp³-hybridized carbons (Fsp3) is 0.600. The predicted octanol–water partition coefficient (Wildman–Crippen LogP) is 0.837. The highest BCUT2D eigenvalue weighted by Crippen LogP contribution is 2.21. The Morgan fingerprint density at radius 3 is 3.00 bits per heavy atom. The van der Waals surface area contributed by atoms with Gasteiger partial charge in [0.25, 0.3) is 5.91 Å². The Hall–Kier alpha value is -1.52. The van der Waals surface area contributed by atoms with Crippen molar-refractivity contribution in [3.8, 4) is 0 Å². The normalized spacial score (nSPS) is 15.3. The predicted molar refractivity (Wildman–Crippen MR) is 57.5 cm³/mol. The van der Waals surface area contributed by atoms with Crippen molar-refractivity contribution in [1.29, 1.82) is 0 Å². The second kappa shape index (κ2) is 3.92. The van der Waals surface area contributed by atoms with Gasteiger partial charge in [0.2, 0.25) is 0 Å². The highest BCUT2D eigenvalue weighted by molar-refractivity contribution is 5.97. The van der Waals surface area contributed by atoms with Crippen molar-refractivity contribution in [2.24, 2.45) is 0 Å².